The number of anilines is 3. The van der Waals surface area contributed by atoms with E-state index in [9.17, 15) is 14.0 Å². The molecule has 7 heteroatoms. The van der Waals surface area contributed by atoms with Gasteiger partial charge in [0.1, 0.15) is 5.82 Å². The number of aromatic nitrogens is 1. The van der Waals surface area contributed by atoms with Crippen molar-refractivity contribution in [3.05, 3.63) is 83.3 Å². The number of carbonyl (C=O) groups is 2. The predicted octanol–water partition coefficient (Wildman–Crippen LogP) is 3.88. The maximum atomic E-state index is 13.4. The Morgan fingerprint density at radius 1 is 0.929 bits per heavy atom. The number of hydrogen-bond acceptors (Lipinski definition) is 4. The lowest BCUT2D eigenvalue weighted by molar-refractivity contribution is 0.0961. The molecule has 3 aromatic rings. The highest BCUT2D eigenvalue weighted by molar-refractivity contribution is 6.06. The highest BCUT2D eigenvalue weighted by Gasteiger charge is 2.15. The topological polar surface area (TPSA) is 83.1 Å². The van der Waals surface area contributed by atoms with Crippen molar-refractivity contribution in [2.45, 2.75) is 6.92 Å². The molecule has 0 aliphatic carbocycles. The largest absolute Gasteiger partial charge is 0.355 e. The van der Waals surface area contributed by atoms with Crippen LogP contribution < -0.4 is 16.0 Å². The Hall–Kier alpha value is -3.74. The Morgan fingerprint density at radius 3 is 2.43 bits per heavy atom. The minimum Gasteiger partial charge on any atom is -0.355 e. The smallest absolute Gasteiger partial charge is 0.255 e. The highest BCUT2D eigenvalue weighted by atomic mass is 19.1. The van der Waals surface area contributed by atoms with E-state index in [1.807, 2.05) is 31.2 Å². The molecule has 28 heavy (non-hydrogen) atoms. The fourth-order valence-corrected chi connectivity index (χ4v) is 2.59. The van der Waals surface area contributed by atoms with Gasteiger partial charge in [-0.1, -0.05) is 24.3 Å². The number of amides is 2. The summed E-state index contributed by atoms with van der Waals surface area (Å²) in [5.74, 6) is -0.991. The van der Waals surface area contributed by atoms with Crippen molar-refractivity contribution in [1.29, 1.82) is 0 Å². The third kappa shape index (κ3) is 4.32. The molecule has 1 heterocycles. The van der Waals surface area contributed by atoms with E-state index in [2.05, 4.69) is 20.9 Å². The molecule has 0 spiro atoms. The van der Waals surface area contributed by atoms with Gasteiger partial charge in [-0.2, -0.15) is 0 Å². The molecular weight excluding hydrogens is 359 g/mol. The van der Waals surface area contributed by atoms with E-state index >= 15 is 0 Å². The lowest BCUT2D eigenvalue weighted by Gasteiger charge is -2.15. The maximum absolute atomic E-state index is 13.4. The van der Waals surface area contributed by atoms with Crippen LogP contribution in [-0.4, -0.2) is 23.8 Å². The first-order valence-electron chi connectivity index (χ1n) is 8.59. The number of nitrogens with one attached hydrogen (secondary N) is 3. The number of rotatable bonds is 5. The van der Waals surface area contributed by atoms with Crippen molar-refractivity contribution < 1.29 is 14.0 Å². The zero-order valence-electron chi connectivity index (χ0n) is 15.4. The van der Waals surface area contributed by atoms with Crippen molar-refractivity contribution in [3.8, 4) is 0 Å². The number of nitrogens with zero attached hydrogens (tertiary/aromatic N) is 1. The second kappa shape index (κ2) is 8.30. The van der Waals surface area contributed by atoms with Crippen LogP contribution in [0.4, 0.5) is 21.6 Å². The second-order valence-electron chi connectivity index (χ2n) is 6.10. The number of hydrogen-bond donors (Lipinski definition) is 3. The zero-order valence-corrected chi connectivity index (χ0v) is 15.4. The van der Waals surface area contributed by atoms with Crippen molar-refractivity contribution in [2.75, 3.05) is 17.7 Å². The quantitative estimate of drug-likeness (QED) is 0.629. The van der Waals surface area contributed by atoms with Gasteiger partial charge in [-0.25, -0.2) is 9.37 Å². The number of pyridine rings is 1. The van der Waals surface area contributed by atoms with Crippen LogP contribution >= 0.6 is 0 Å². The van der Waals surface area contributed by atoms with Gasteiger partial charge in [0, 0.05) is 24.5 Å². The summed E-state index contributed by atoms with van der Waals surface area (Å²) in [5.41, 5.74) is 2.55. The molecule has 6 nitrogen and oxygen atoms in total. The second-order valence-corrected chi connectivity index (χ2v) is 6.10. The molecule has 0 bridgehead atoms. The summed E-state index contributed by atoms with van der Waals surface area (Å²) in [7, 11) is 1.51. The van der Waals surface area contributed by atoms with Crippen molar-refractivity contribution in [1.82, 2.24) is 10.3 Å². The molecule has 1 aromatic heterocycles. The number of aryl methyl sites for hydroxylation is 1. The first kappa shape index (κ1) is 19.0. The zero-order chi connectivity index (χ0) is 20.1. The summed E-state index contributed by atoms with van der Waals surface area (Å²) in [6, 6.07) is 14.5. The summed E-state index contributed by atoms with van der Waals surface area (Å²) in [6.07, 6.45) is 1.41. The van der Waals surface area contributed by atoms with Crippen LogP contribution in [0.3, 0.4) is 0 Å². The predicted molar refractivity (Wildman–Crippen MR) is 106 cm³/mol. The van der Waals surface area contributed by atoms with Crippen LogP contribution in [0.15, 0.2) is 60.8 Å². The van der Waals surface area contributed by atoms with Gasteiger partial charge < -0.3 is 16.0 Å². The molecule has 0 aliphatic heterocycles. The molecule has 0 aliphatic rings. The molecule has 3 N–H and O–H groups in total. The minimum absolute atomic E-state index is 0.159. The molecule has 2 amide bonds. The number of para-hydroxylation sites is 1. The third-order valence-corrected chi connectivity index (χ3v) is 4.11. The number of benzene rings is 2. The highest BCUT2D eigenvalue weighted by Crippen LogP contribution is 2.26. The van der Waals surface area contributed by atoms with Crippen LogP contribution in [0.1, 0.15) is 26.3 Å². The van der Waals surface area contributed by atoms with Crippen LogP contribution in [0, 0.1) is 12.7 Å². The summed E-state index contributed by atoms with van der Waals surface area (Å²) < 4.78 is 13.4. The average molecular weight is 378 g/mol. The number of halogens is 1. The molecule has 0 fully saturated rings. The Labute approximate surface area is 161 Å². The van der Waals surface area contributed by atoms with Gasteiger partial charge in [-0.05, 0) is 42.8 Å². The Balaban J connectivity index is 1.96. The van der Waals surface area contributed by atoms with E-state index in [4.69, 9.17) is 0 Å². The van der Waals surface area contributed by atoms with Gasteiger partial charge >= 0.3 is 0 Å². The first-order chi connectivity index (χ1) is 13.5. The van der Waals surface area contributed by atoms with E-state index in [0.717, 1.165) is 17.3 Å². The lowest BCUT2D eigenvalue weighted by atomic mass is 10.1. The van der Waals surface area contributed by atoms with E-state index in [1.54, 1.807) is 0 Å². The van der Waals surface area contributed by atoms with Crippen molar-refractivity contribution in [2.24, 2.45) is 0 Å². The van der Waals surface area contributed by atoms with Gasteiger partial charge in [0.2, 0.25) is 0 Å². The fraction of sp³-hybridized carbons (Fsp3) is 0.0952. The Bertz CT molecular complexity index is 1040. The normalized spacial score (nSPS) is 10.2. The summed E-state index contributed by atoms with van der Waals surface area (Å²) in [6.45, 7) is 1.94. The van der Waals surface area contributed by atoms with E-state index in [0.29, 0.717) is 11.5 Å². The standard InChI is InChI=1S/C21H19FN4O2/c1-13-6-3-4-9-17(13)25-19-18(11-15(12-24-19)20(27)23-2)26-21(28)14-7-5-8-16(22)10-14/h3-12H,1-2H3,(H,23,27)(H,24,25)(H,26,28). The molecule has 0 radical (unpaired) electrons. The molecule has 142 valence electrons. The summed E-state index contributed by atoms with van der Waals surface area (Å²) in [4.78, 5) is 28.8. The van der Waals surface area contributed by atoms with Crippen LogP contribution in [0.25, 0.3) is 0 Å². The van der Waals surface area contributed by atoms with Crippen molar-refractivity contribution >= 4 is 29.0 Å². The van der Waals surface area contributed by atoms with Crippen LogP contribution in [0.5, 0.6) is 0 Å². The van der Waals surface area contributed by atoms with Gasteiger partial charge in [-0.15, -0.1) is 0 Å². The first-order valence-corrected chi connectivity index (χ1v) is 8.59. The van der Waals surface area contributed by atoms with Crippen LogP contribution in [0.2, 0.25) is 0 Å². The van der Waals surface area contributed by atoms with Gasteiger partial charge in [0.15, 0.2) is 5.82 Å². The Morgan fingerprint density at radius 2 is 1.71 bits per heavy atom. The monoisotopic (exact) mass is 378 g/mol. The summed E-state index contributed by atoms with van der Waals surface area (Å²) in [5, 5.41) is 8.38. The molecule has 0 unspecified atom stereocenters. The Kier molecular flexibility index (Phi) is 5.64. The van der Waals surface area contributed by atoms with Gasteiger partial charge in [-0.3, -0.25) is 9.59 Å². The van der Waals surface area contributed by atoms with Gasteiger partial charge in [0.25, 0.3) is 11.8 Å². The lowest BCUT2D eigenvalue weighted by Crippen LogP contribution is -2.19. The van der Waals surface area contributed by atoms with E-state index in [-0.39, 0.29) is 17.0 Å². The fourth-order valence-electron chi connectivity index (χ4n) is 2.59. The molecule has 3 rings (SSSR count). The van der Waals surface area contributed by atoms with E-state index < -0.39 is 11.7 Å². The van der Waals surface area contributed by atoms with Crippen molar-refractivity contribution in [3.63, 3.8) is 0 Å². The van der Waals surface area contributed by atoms with Crippen LogP contribution in [-0.2, 0) is 0 Å². The molecular formula is C21H19FN4O2. The van der Waals surface area contributed by atoms with Gasteiger partial charge in [0.05, 0.1) is 11.3 Å². The summed E-state index contributed by atoms with van der Waals surface area (Å²) >= 11 is 0. The molecule has 0 saturated heterocycles. The SMILES string of the molecule is CNC(=O)c1cnc(Nc2ccccc2C)c(NC(=O)c2cccc(F)c2)c1. The molecule has 0 saturated carbocycles. The third-order valence-electron chi connectivity index (χ3n) is 4.11. The molecule has 0 atom stereocenters. The minimum atomic E-state index is -0.511. The maximum Gasteiger partial charge on any atom is 0.255 e. The number of carbonyl (C=O) groups excluding carboxylic acids is 2. The average Bonchev–Trinajstić information content (AvgIpc) is 2.70. The molecule has 2 aromatic carbocycles. The van der Waals surface area contributed by atoms with E-state index in [1.165, 1.54) is 37.5 Å².